The van der Waals surface area contributed by atoms with Gasteiger partial charge in [-0.05, 0) is 179 Å². The summed E-state index contributed by atoms with van der Waals surface area (Å²) in [6.07, 6.45) is 13.0. The van der Waals surface area contributed by atoms with Crippen molar-refractivity contribution in [3.05, 3.63) is 204 Å². The summed E-state index contributed by atoms with van der Waals surface area (Å²) in [6.45, 7) is 15.9. The van der Waals surface area contributed by atoms with Crippen LogP contribution >= 0.6 is 34.8 Å². The van der Waals surface area contributed by atoms with Crippen molar-refractivity contribution in [2.24, 2.45) is 0 Å². The number of carbonyl (C=O) groups is 12. The van der Waals surface area contributed by atoms with Crippen LogP contribution < -0.4 is 61.5 Å². The molecule has 31 nitrogen and oxygen atoms in total. The zero-order valence-electron chi connectivity index (χ0n) is 74.3. The molecule has 5 amide bonds. The van der Waals surface area contributed by atoms with Gasteiger partial charge in [-0.2, -0.15) is 9.13 Å². The molecule has 10 rings (SSSR count). The van der Waals surface area contributed by atoms with Crippen LogP contribution in [0.3, 0.4) is 0 Å². The van der Waals surface area contributed by atoms with E-state index in [1.54, 1.807) is 77.6 Å². The average Bonchev–Trinajstić information content (AvgIpc) is 0.806. The number of aromatic nitrogens is 2. The van der Waals surface area contributed by atoms with Crippen molar-refractivity contribution >= 4 is 106 Å². The van der Waals surface area contributed by atoms with Crippen LogP contribution in [0.25, 0.3) is 0 Å². The number of aliphatic carboxylic acids is 1. The number of esters is 5. The molecule has 0 aliphatic carbocycles. The fourth-order valence-electron chi connectivity index (χ4n) is 15.2. The number of nitrogens with one attached hydrogen (secondary N) is 3. The number of nitrogens with zero attached hydrogens (tertiary/aromatic N) is 5. The van der Waals surface area contributed by atoms with Gasteiger partial charge in [0.25, 0.3) is 25.3 Å². The summed E-state index contributed by atoms with van der Waals surface area (Å²) >= 11 is 15.0. The lowest BCUT2D eigenvalue weighted by molar-refractivity contribution is -0.727. The number of amides is 5. The Hall–Kier alpha value is -9.81. The van der Waals surface area contributed by atoms with Crippen LogP contribution in [0.15, 0.2) is 170 Å². The highest BCUT2D eigenvalue weighted by molar-refractivity contribution is 6.67. The lowest BCUT2D eigenvalue weighted by Gasteiger charge is -2.38. The number of alkyl halides is 2. The third kappa shape index (κ3) is 36.8. The second-order valence-electron chi connectivity index (χ2n) is 32.2. The normalized spacial score (nSPS) is 17.6. The second-order valence-corrected chi connectivity index (χ2v) is 33.1. The van der Waals surface area contributed by atoms with Gasteiger partial charge in [-0.1, -0.05) is 147 Å². The average molecular weight is 1990 g/mol. The Morgan fingerprint density at radius 3 is 1.11 bits per heavy atom. The number of benzene rings is 4. The number of pyridine rings is 2. The summed E-state index contributed by atoms with van der Waals surface area (Å²) in [5.74, 6) is -6.62. The van der Waals surface area contributed by atoms with E-state index in [2.05, 4.69) is 16.0 Å². The number of aliphatic hydroxyl groups is 1. The van der Waals surface area contributed by atoms with E-state index < -0.39 is 125 Å². The Bertz CT molecular complexity index is 4480. The molecule has 2 unspecified atom stereocenters. The fourth-order valence-corrected chi connectivity index (χ4v) is 15.3. The van der Waals surface area contributed by atoms with Crippen LogP contribution in [0.1, 0.15) is 207 Å². The lowest BCUT2D eigenvalue weighted by Crippen LogP contribution is -3.00. The summed E-state index contributed by atoms with van der Waals surface area (Å²) in [6, 6.07) is 40.3. The zero-order chi connectivity index (χ0) is 92.6. The molecule has 0 radical (unpaired) electrons. The fraction of sp³-hybridized carbons (Fsp3) is 0.505. The molecule has 5 N–H and O–H groups in total. The number of carbonyl (C=O) groups excluding carboxylic acids is 11. The predicted molar refractivity (Wildman–Crippen MR) is 473 cm³/mol. The first-order chi connectivity index (χ1) is 60.1. The maximum Gasteiger partial charge on any atom is 0.414 e. The molecule has 6 heterocycles. The van der Waals surface area contributed by atoms with Crippen molar-refractivity contribution in [1.29, 1.82) is 0 Å². The zero-order valence-corrected chi connectivity index (χ0v) is 79.5. The van der Waals surface area contributed by atoms with Crippen molar-refractivity contribution in [1.82, 2.24) is 30.7 Å². The van der Waals surface area contributed by atoms with Gasteiger partial charge in [0.2, 0.25) is 5.24 Å². The molecule has 4 saturated heterocycles. The summed E-state index contributed by atoms with van der Waals surface area (Å²) < 4.78 is 50.7. The maximum atomic E-state index is 13.4. The van der Waals surface area contributed by atoms with Crippen LogP contribution in [-0.4, -0.2) is 222 Å². The molecule has 4 aliphatic heterocycles. The first-order valence-electron chi connectivity index (χ1n) is 41.9. The standard InChI is InChI=1S/C34H47N3O8.C26H31N3O8.C16H20ClNO4.C14H19NO2.C2H2Cl2O.CH4.ClH.HI/c1-23(44-33(2,3)4)28(31(40)45-34(5,6)7)35-29(38)25-17-14-19-36(21-25)22-43-32(41)37-20-13-12-18-26(37)27(30(39)42-8)24-15-10-9-11-16-24;1-17(30)22(24(32)33)27-23(31)19-11-8-13-28(15-19)16-37-26(35)29-14-7-6-12-20(29)21(25(34)36-2)18-9-4-3-5-10-18;1-21-15(19)14(12-7-3-2-4-8-12)13-9-5-6-10-18(13)16(20)22-11-17;1-17-14(16)13(11-7-3-2-4-8-11)12-9-5-6-10-15-12;3-1-2(4)5;;;/h9-11,14-17,19,21,23,26-28H,12-13,18,20,22H2,1-8H3;3-5,8-11,13,15,17,20-22,30H,6-7,12,14,16H2,1-2H3,(H-,27,31,32,33);2-4,7-8,13-14H,5-6,9-11H2,1H3;2-4,7-8,12-13,15H,5-6,9-10H2,1H3;1H2;1H4;2*1H/t23?,26-,27-,28+;17?,20-,21-,22+;13-,14-;12-,13-;;;;/m1111..../s1. The van der Waals surface area contributed by atoms with E-state index in [-0.39, 0.29) is 110 Å². The molecular weight excluding hydrogens is 1870 g/mol. The van der Waals surface area contributed by atoms with E-state index >= 15 is 0 Å². The Morgan fingerprint density at radius 2 is 0.806 bits per heavy atom. The Kier molecular flexibility index (Phi) is 51.0. The van der Waals surface area contributed by atoms with Crippen molar-refractivity contribution in [3.63, 3.8) is 0 Å². The quantitative estimate of drug-likeness (QED) is 0.00882. The lowest BCUT2D eigenvalue weighted by atomic mass is 9.85. The molecule has 36 heteroatoms. The van der Waals surface area contributed by atoms with Gasteiger partial charge in [0.1, 0.15) is 34.5 Å². The molecule has 12 atom stereocenters. The molecule has 0 bridgehead atoms. The molecule has 710 valence electrons. The number of methoxy groups -OCH3 is 4. The maximum absolute atomic E-state index is 13.4. The number of likely N-dealkylation sites (tertiary alicyclic amines) is 3. The molecule has 2 aromatic heterocycles. The van der Waals surface area contributed by atoms with E-state index in [1.165, 1.54) is 71.2 Å². The van der Waals surface area contributed by atoms with Gasteiger partial charge >= 0.3 is 54.1 Å². The molecule has 4 fully saturated rings. The minimum atomic E-state index is -1.47. The molecule has 0 spiro atoms. The number of carboxylic acid groups (broad SMARTS) is 1. The number of piperidine rings is 4. The number of aliphatic hydroxyl groups excluding tert-OH is 1. The van der Waals surface area contributed by atoms with E-state index in [9.17, 15) is 67.7 Å². The van der Waals surface area contributed by atoms with Crippen LogP contribution in [0.4, 0.5) is 14.4 Å². The smallest absolute Gasteiger partial charge is 0.414 e. The molecular formula is C93H125Cl4IN8O23. The monoisotopic (exact) mass is 1990 g/mol. The molecule has 4 aliphatic rings. The Labute approximate surface area is 794 Å². The van der Waals surface area contributed by atoms with Crippen LogP contribution in [-0.2, 0) is 89.7 Å². The molecule has 129 heavy (non-hydrogen) atoms. The van der Waals surface area contributed by atoms with E-state index in [4.69, 9.17) is 77.4 Å². The number of rotatable bonds is 27. The molecule has 4 aromatic carbocycles. The minimum absolute atomic E-state index is 0. The van der Waals surface area contributed by atoms with Crippen molar-refractivity contribution in [2.45, 2.75) is 237 Å². The topological polar surface area (TPSA) is 382 Å². The summed E-state index contributed by atoms with van der Waals surface area (Å²) in [5, 5.41) is 26.7. The molecule has 0 saturated carbocycles. The van der Waals surface area contributed by atoms with Crippen molar-refractivity contribution in [2.75, 3.05) is 66.6 Å². The Morgan fingerprint density at radius 1 is 0.473 bits per heavy atom. The van der Waals surface area contributed by atoms with Gasteiger partial charge in [0.15, 0.2) is 42.9 Å². The van der Waals surface area contributed by atoms with E-state index in [0.29, 0.717) is 32.5 Å². The summed E-state index contributed by atoms with van der Waals surface area (Å²) in [4.78, 5) is 153. The number of ether oxygens (including phenoxy) is 9. The highest BCUT2D eigenvalue weighted by atomic mass is 127. The predicted octanol–water partition coefficient (Wildman–Crippen LogP) is 6.82. The van der Waals surface area contributed by atoms with Gasteiger partial charge in [0.05, 0.1) is 76.2 Å². The first kappa shape index (κ1) is 113. The number of hydrogen-bond donors (Lipinski definition) is 5. The van der Waals surface area contributed by atoms with E-state index in [0.717, 1.165) is 80.2 Å². The van der Waals surface area contributed by atoms with Crippen molar-refractivity contribution in [3.8, 4) is 0 Å². The van der Waals surface area contributed by atoms with Gasteiger partial charge < -0.3 is 120 Å². The van der Waals surface area contributed by atoms with Crippen molar-refractivity contribution < 1.29 is 156 Å². The molecule has 6 aromatic rings. The van der Waals surface area contributed by atoms with E-state index in [1.807, 2.05) is 142 Å². The number of halogens is 5. The third-order valence-electron chi connectivity index (χ3n) is 20.9. The third-order valence-corrected chi connectivity index (χ3v) is 21.5. The SMILES string of the molecule is C.COC(=O)[C@H](c1ccccc1)[C@H]1CCCCN1.COC(=O)[C@H](c1ccccc1)[C@H]1CCCCN1C(=O)OCCl.COC(=O)[C@H](c1ccccc1)[C@H]1CCCCN1C(=O)OC[n+]1cccc(C(=O)N[C@H](C(=O)O)C(C)O)c1.COC(=O)[C@H](c1ccccc1)[C@H]1CCCCN1C(=O)OC[n+]1cccc(C(=O)N[C@H](C(=O)OC(C)(C)C)C(C)OC(C)(C)C)c1.O=C(Cl)CCl.[Cl-].[I-]. The van der Waals surface area contributed by atoms with Gasteiger partial charge in [0, 0.05) is 37.8 Å². The Balaban J connectivity index is 0.000000456. The summed E-state index contributed by atoms with van der Waals surface area (Å²) in [5.41, 5.74) is 2.45. The van der Waals surface area contributed by atoms with Gasteiger partial charge in [-0.15, -0.1) is 11.6 Å². The van der Waals surface area contributed by atoms with Gasteiger partial charge in [-0.3, -0.25) is 33.6 Å². The number of hydrogen-bond acceptors (Lipinski definition) is 23. The van der Waals surface area contributed by atoms with Crippen LogP contribution in [0.2, 0.25) is 0 Å². The van der Waals surface area contributed by atoms with Crippen LogP contribution in [0, 0.1) is 0 Å². The summed E-state index contributed by atoms with van der Waals surface area (Å²) in [7, 11) is 5.49. The second kappa shape index (κ2) is 58.1. The van der Waals surface area contributed by atoms with Crippen LogP contribution in [0.5, 0.6) is 0 Å². The highest BCUT2D eigenvalue weighted by Crippen LogP contribution is 2.36. The highest BCUT2D eigenvalue weighted by Gasteiger charge is 2.44. The minimum Gasteiger partial charge on any atom is -1.00 e. The largest absolute Gasteiger partial charge is 1.00 e. The number of carboxylic acids is 1. The first-order valence-corrected chi connectivity index (χ1v) is 43.3. The van der Waals surface area contributed by atoms with Gasteiger partial charge in [-0.25, -0.2) is 24.0 Å².